The van der Waals surface area contributed by atoms with Gasteiger partial charge >= 0.3 is 0 Å². The van der Waals surface area contributed by atoms with Crippen LogP contribution in [0.5, 0.6) is 0 Å². The van der Waals surface area contributed by atoms with Crippen LogP contribution < -0.4 is 5.56 Å². The number of non-ortho nitro benzene ring substituents is 1. The van der Waals surface area contributed by atoms with E-state index in [-0.39, 0.29) is 28.8 Å². The molecule has 0 aliphatic carbocycles. The summed E-state index contributed by atoms with van der Waals surface area (Å²) in [5.41, 5.74) is 0.560. The van der Waals surface area contributed by atoms with Gasteiger partial charge < -0.3 is 4.90 Å². The molecule has 2 aromatic carbocycles. The lowest BCUT2D eigenvalue weighted by atomic mass is 10.1. The average molecular weight is 408 g/mol. The third kappa shape index (κ3) is 4.07. The maximum Gasteiger partial charge on any atom is 0.275 e. The van der Waals surface area contributed by atoms with E-state index in [1.165, 1.54) is 21.7 Å². The van der Waals surface area contributed by atoms with Gasteiger partial charge in [0.25, 0.3) is 17.2 Å². The maximum atomic E-state index is 13.4. The molecule has 0 unspecified atom stereocenters. The van der Waals surface area contributed by atoms with Crippen LogP contribution >= 0.6 is 0 Å². The van der Waals surface area contributed by atoms with Crippen LogP contribution in [0.15, 0.2) is 53.3 Å². The van der Waals surface area contributed by atoms with Crippen molar-refractivity contribution in [2.75, 3.05) is 7.05 Å². The Labute approximate surface area is 173 Å². The zero-order chi connectivity index (χ0) is 22.0. The number of aromatic nitrogens is 2. The lowest BCUT2D eigenvalue weighted by Gasteiger charge is -2.25. The molecule has 1 aromatic heterocycles. The van der Waals surface area contributed by atoms with Gasteiger partial charge in [0.1, 0.15) is 0 Å². The van der Waals surface area contributed by atoms with E-state index in [2.05, 4.69) is 5.10 Å². The van der Waals surface area contributed by atoms with E-state index >= 15 is 0 Å². The van der Waals surface area contributed by atoms with E-state index in [4.69, 9.17) is 0 Å². The van der Waals surface area contributed by atoms with Crippen molar-refractivity contribution in [2.45, 2.75) is 33.4 Å². The number of nitro benzene ring substituents is 1. The fourth-order valence-corrected chi connectivity index (χ4v) is 3.33. The zero-order valence-corrected chi connectivity index (χ0v) is 17.4. The Hall–Kier alpha value is -3.55. The highest BCUT2D eigenvalue weighted by Gasteiger charge is 2.25. The number of rotatable bonds is 6. The first-order valence-corrected chi connectivity index (χ1v) is 9.72. The number of fused-ring (bicyclic) bond motifs is 1. The van der Waals surface area contributed by atoms with Crippen LogP contribution in [-0.4, -0.2) is 32.6 Å². The van der Waals surface area contributed by atoms with E-state index in [1.54, 1.807) is 50.4 Å². The molecule has 0 fully saturated rings. The lowest BCUT2D eigenvalue weighted by molar-refractivity contribution is -0.384. The second-order valence-corrected chi connectivity index (χ2v) is 7.72. The molecule has 0 saturated heterocycles. The van der Waals surface area contributed by atoms with Crippen molar-refractivity contribution in [3.05, 3.63) is 80.3 Å². The Bertz CT molecular complexity index is 1170. The summed E-state index contributed by atoms with van der Waals surface area (Å²) in [6, 6.07) is 12.7. The van der Waals surface area contributed by atoms with E-state index in [0.717, 1.165) is 0 Å². The van der Waals surface area contributed by atoms with Crippen LogP contribution in [0.1, 0.15) is 42.9 Å². The molecule has 0 spiro atoms. The van der Waals surface area contributed by atoms with E-state index in [0.29, 0.717) is 22.9 Å². The van der Waals surface area contributed by atoms with Crippen molar-refractivity contribution in [3.8, 4) is 0 Å². The van der Waals surface area contributed by atoms with Crippen LogP contribution in [0.3, 0.4) is 0 Å². The minimum absolute atomic E-state index is 0.0331. The van der Waals surface area contributed by atoms with Gasteiger partial charge in [-0.1, -0.05) is 44.2 Å². The second-order valence-electron chi connectivity index (χ2n) is 7.72. The van der Waals surface area contributed by atoms with Crippen molar-refractivity contribution in [3.63, 3.8) is 0 Å². The largest absolute Gasteiger partial charge is 0.334 e. The molecule has 1 heterocycles. The van der Waals surface area contributed by atoms with Crippen LogP contribution in [0.25, 0.3) is 10.8 Å². The van der Waals surface area contributed by atoms with E-state index in [1.807, 2.05) is 13.8 Å². The van der Waals surface area contributed by atoms with Gasteiger partial charge in [-0.15, -0.1) is 0 Å². The molecule has 1 amide bonds. The summed E-state index contributed by atoms with van der Waals surface area (Å²) in [5.74, 6) is -0.177. The fourth-order valence-electron chi connectivity index (χ4n) is 3.33. The molecule has 3 aromatic rings. The average Bonchev–Trinajstić information content (AvgIpc) is 2.74. The monoisotopic (exact) mass is 408 g/mol. The number of hydrogen-bond acceptors (Lipinski definition) is 5. The molecule has 1 atom stereocenters. The third-order valence-electron chi connectivity index (χ3n) is 5.07. The minimum atomic E-state index is -0.463. The molecule has 0 N–H and O–H groups in total. The minimum Gasteiger partial charge on any atom is -0.334 e. The van der Waals surface area contributed by atoms with Gasteiger partial charge in [0, 0.05) is 31.1 Å². The number of benzene rings is 2. The smallest absolute Gasteiger partial charge is 0.275 e. The Morgan fingerprint density at radius 1 is 1.13 bits per heavy atom. The van der Waals surface area contributed by atoms with Crippen LogP contribution in [-0.2, 0) is 6.54 Å². The highest BCUT2D eigenvalue weighted by atomic mass is 16.6. The SMILES string of the molecule is CC(C)Cn1nc(C(=O)N(C)[C@H](C)c2cccc([N+](=O)[O-])c2)c2ccccc2c1=O. The number of nitrogens with zero attached hydrogens (tertiary/aromatic N) is 4. The van der Waals surface area contributed by atoms with Crippen molar-refractivity contribution < 1.29 is 9.72 Å². The van der Waals surface area contributed by atoms with Gasteiger partial charge in [-0.05, 0) is 24.5 Å². The Balaban J connectivity index is 2.05. The van der Waals surface area contributed by atoms with Gasteiger partial charge in [-0.25, -0.2) is 4.68 Å². The van der Waals surface area contributed by atoms with Gasteiger partial charge in [0.15, 0.2) is 5.69 Å². The number of carbonyl (C=O) groups is 1. The molecule has 30 heavy (non-hydrogen) atoms. The quantitative estimate of drug-likeness (QED) is 0.456. The zero-order valence-electron chi connectivity index (χ0n) is 17.4. The molecule has 8 nitrogen and oxygen atoms in total. The lowest BCUT2D eigenvalue weighted by Crippen LogP contribution is -2.34. The van der Waals surface area contributed by atoms with Gasteiger partial charge in [0.05, 0.1) is 16.4 Å². The molecule has 0 aliphatic heterocycles. The summed E-state index contributed by atoms with van der Waals surface area (Å²) in [5, 5.41) is 16.4. The van der Waals surface area contributed by atoms with Crippen molar-refractivity contribution in [1.29, 1.82) is 0 Å². The molecular weight excluding hydrogens is 384 g/mol. The first-order chi connectivity index (χ1) is 14.2. The van der Waals surface area contributed by atoms with Gasteiger partial charge in [0.2, 0.25) is 0 Å². The number of carbonyl (C=O) groups excluding carboxylic acids is 1. The Morgan fingerprint density at radius 2 is 1.80 bits per heavy atom. The van der Waals surface area contributed by atoms with Crippen molar-refractivity contribution in [1.82, 2.24) is 14.7 Å². The fraction of sp³-hybridized carbons (Fsp3) is 0.318. The summed E-state index contributed by atoms with van der Waals surface area (Å²) < 4.78 is 1.34. The molecule has 8 heteroatoms. The topological polar surface area (TPSA) is 98.3 Å². The third-order valence-corrected chi connectivity index (χ3v) is 5.07. The maximum absolute atomic E-state index is 13.4. The predicted molar refractivity (Wildman–Crippen MR) is 114 cm³/mol. The molecule has 156 valence electrons. The summed E-state index contributed by atoms with van der Waals surface area (Å²) in [4.78, 5) is 38.2. The van der Waals surface area contributed by atoms with Gasteiger partial charge in [-0.3, -0.25) is 19.7 Å². The Morgan fingerprint density at radius 3 is 2.43 bits per heavy atom. The molecule has 3 rings (SSSR count). The van der Waals surface area contributed by atoms with Crippen LogP contribution in [0.4, 0.5) is 5.69 Å². The summed E-state index contributed by atoms with van der Waals surface area (Å²) in [7, 11) is 1.63. The van der Waals surface area contributed by atoms with Crippen LogP contribution in [0, 0.1) is 16.0 Å². The number of nitro groups is 1. The Kier molecular flexibility index (Phi) is 5.96. The summed E-state index contributed by atoms with van der Waals surface area (Å²) in [6.45, 7) is 6.14. The summed E-state index contributed by atoms with van der Waals surface area (Å²) in [6.07, 6.45) is 0. The highest BCUT2D eigenvalue weighted by molar-refractivity contribution is 6.04. The summed E-state index contributed by atoms with van der Waals surface area (Å²) >= 11 is 0. The molecule has 0 radical (unpaired) electrons. The predicted octanol–water partition coefficient (Wildman–Crippen LogP) is 3.79. The molecule has 0 saturated carbocycles. The van der Waals surface area contributed by atoms with E-state index < -0.39 is 11.0 Å². The molecule has 0 bridgehead atoms. The van der Waals surface area contributed by atoms with Crippen molar-refractivity contribution >= 4 is 22.4 Å². The van der Waals surface area contributed by atoms with Gasteiger partial charge in [-0.2, -0.15) is 5.10 Å². The van der Waals surface area contributed by atoms with Crippen molar-refractivity contribution in [2.24, 2.45) is 5.92 Å². The number of amides is 1. The number of hydrogen-bond donors (Lipinski definition) is 0. The first kappa shape index (κ1) is 21.2. The molecular formula is C22H24N4O4. The molecule has 0 aliphatic rings. The normalized spacial score (nSPS) is 12.2. The second kappa shape index (κ2) is 8.44. The standard InChI is InChI=1S/C22H24N4O4/c1-14(2)13-25-21(27)19-11-6-5-10-18(19)20(23-25)22(28)24(4)15(3)16-8-7-9-17(12-16)26(29)30/h5-12,14-15H,13H2,1-4H3/t15-/m1/s1. The van der Waals surface area contributed by atoms with E-state index in [9.17, 15) is 19.7 Å². The highest BCUT2D eigenvalue weighted by Crippen LogP contribution is 2.25. The first-order valence-electron chi connectivity index (χ1n) is 9.72. The van der Waals surface area contributed by atoms with Crippen LogP contribution in [0.2, 0.25) is 0 Å².